The third kappa shape index (κ3) is 3.03. The van der Waals surface area contributed by atoms with E-state index in [4.69, 9.17) is 4.74 Å². The van der Waals surface area contributed by atoms with Gasteiger partial charge in [-0.25, -0.2) is 0 Å². The molecule has 2 aliphatic rings. The van der Waals surface area contributed by atoms with Crippen LogP contribution in [0.1, 0.15) is 26.2 Å². The molecular formula is C16H24N2O. The van der Waals surface area contributed by atoms with Crippen LogP contribution in [0.15, 0.2) is 24.3 Å². The number of rotatable bonds is 4. The highest BCUT2D eigenvalue weighted by atomic mass is 16.5. The Morgan fingerprint density at radius 3 is 2.89 bits per heavy atom. The zero-order chi connectivity index (χ0) is 13.1. The third-order valence-electron chi connectivity index (χ3n) is 4.38. The highest BCUT2D eigenvalue weighted by molar-refractivity contribution is 5.58. The number of anilines is 2. The Labute approximate surface area is 115 Å². The fraction of sp³-hybridized carbons (Fsp3) is 0.625. The summed E-state index contributed by atoms with van der Waals surface area (Å²) in [6.07, 6.45) is 3.83. The molecule has 0 bridgehead atoms. The van der Waals surface area contributed by atoms with E-state index in [0.29, 0.717) is 12.0 Å². The van der Waals surface area contributed by atoms with Crippen molar-refractivity contribution in [3.63, 3.8) is 0 Å². The average molecular weight is 260 g/mol. The molecule has 2 heterocycles. The second-order valence-electron chi connectivity index (χ2n) is 5.80. The molecule has 2 fully saturated rings. The predicted octanol–water partition coefficient (Wildman–Crippen LogP) is 3.12. The van der Waals surface area contributed by atoms with Gasteiger partial charge < -0.3 is 15.0 Å². The maximum Gasteiger partial charge on any atom is 0.0514 e. The van der Waals surface area contributed by atoms with E-state index in [-0.39, 0.29) is 0 Å². The van der Waals surface area contributed by atoms with Crippen molar-refractivity contribution >= 4 is 11.4 Å². The molecule has 104 valence electrons. The third-order valence-corrected chi connectivity index (χ3v) is 4.38. The van der Waals surface area contributed by atoms with Crippen LogP contribution in [-0.2, 0) is 4.74 Å². The summed E-state index contributed by atoms with van der Waals surface area (Å²) >= 11 is 0. The van der Waals surface area contributed by atoms with Crippen molar-refractivity contribution in [3.05, 3.63) is 24.3 Å². The van der Waals surface area contributed by atoms with Crippen LogP contribution in [0, 0.1) is 5.92 Å². The lowest BCUT2D eigenvalue weighted by Crippen LogP contribution is -2.26. The summed E-state index contributed by atoms with van der Waals surface area (Å²) < 4.78 is 5.47. The van der Waals surface area contributed by atoms with E-state index >= 15 is 0 Å². The van der Waals surface area contributed by atoms with Crippen LogP contribution in [0.4, 0.5) is 11.4 Å². The molecule has 2 aliphatic heterocycles. The molecule has 0 aliphatic carbocycles. The number of ether oxygens (including phenoxy) is 1. The molecule has 2 unspecified atom stereocenters. The van der Waals surface area contributed by atoms with E-state index in [0.717, 1.165) is 13.2 Å². The van der Waals surface area contributed by atoms with Crippen molar-refractivity contribution in [1.29, 1.82) is 0 Å². The average Bonchev–Trinajstić information content (AvgIpc) is 3.13. The zero-order valence-corrected chi connectivity index (χ0v) is 11.8. The second-order valence-corrected chi connectivity index (χ2v) is 5.80. The van der Waals surface area contributed by atoms with E-state index in [1.54, 1.807) is 0 Å². The Hall–Kier alpha value is -1.22. The smallest absolute Gasteiger partial charge is 0.0514 e. The monoisotopic (exact) mass is 260 g/mol. The van der Waals surface area contributed by atoms with Crippen molar-refractivity contribution in [2.45, 2.75) is 32.2 Å². The molecule has 3 nitrogen and oxygen atoms in total. The SMILES string of the molecule is CC(Nc1cccc(N2CCCC2)c1)C1CCOC1. The van der Waals surface area contributed by atoms with Gasteiger partial charge in [-0.15, -0.1) is 0 Å². The molecule has 1 aromatic carbocycles. The topological polar surface area (TPSA) is 24.5 Å². The molecule has 19 heavy (non-hydrogen) atoms. The van der Waals surface area contributed by atoms with Gasteiger partial charge in [-0.2, -0.15) is 0 Å². The molecule has 0 saturated carbocycles. The van der Waals surface area contributed by atoms with Gasteiger partial charge in [-0.1, -0.05) is 6.07 Å². The second kappa shape index (κ2) is 5.83. The summed E-state index contributed by atoms with van der Waals surface area (Å²) in [5, 5.41) is 3.64. The minimum atomic E-state index is 0.483. The van der Waals surface area contributed by atoms with Crippen LogP contribution in [-0.4, -0.2) is 32.3 Å². The lowest BCUT2D eigenvalue weighted by molar-refractivity contribution is 0.183. The Bertz CT molecular complexity index is 409. The van der Waals surface area contributed by atoms with Crippen LogP contribution in [0.25, 0.3) is 0 Å². The maximum atomic E-state index is 5.47. The zero-order valence-electron chi connectivity index (χ0n) is 11.8. The first kappa shape index (κ1) is 12.8. The van der Waals surface area contributed by atoms with Crippen LogP contribution in [0.2, 0.25) is 0 Å². The number of nitrogens with one attached hydrogen (secondary N) is 1. The summed E-state index contributed by atoms with van der Waals surface area (Å²) in [5.41, 5.74) is 2.60. The molecule has 0 amide bonds. The van der Waals surface area contributed by atoms with Gasteiger partial charge >= 0.3 is 0 Å². The molecule has 2 atom stereocenters. The van der Waals surface area contributed by atoms with Gasteiger partial charge in [0, 0.05) is 43.0 Å². The Balaban J connectivity index is 1.65. The Morgan fingerprint density at radius 1 is 1.32 bits per heavy atom. The van der Waals surface area contributed by atoms with Crippen LogP contribution in [0.3, 0.4) is 0 Å². The van der Waals surface area contributed by atoms with Crippen molar-refractivity contribution in [1.82, 2.24) is 0 Å². The first-order valence-electron chi connectivity index (χ1n) is 7.52. The first-order valence-corrected chi connectivity index (χ1v) is 7.52. The minimum Gasteiger partial charge on any atom is -0.382 e. The molecular weight excluding hydrogens is 236 g/mol. The highest BCUT2D eigenvalue weighted by Gasteiger charge is 2.22. The molecule has 3 rings (SSSR count). The van der Waals surface area contributed by atoms with Gasteiger partial charge in [0.1, 0.15) is 0 Å². The van der Waals surface area contributed by atoms with Crippen molar-refractivity contribution in [2.24, 2.45) is 5.92 Å². The largest absolute Gasteiger partial charge is 0.382 e. The highest BCUT2D eigenvalue weighted by Crippen LogP contribution is 2.25. The van der Waals surface area contributed by atoms with Gasteiger partial charge in [-0.05, 0) is 44.4 Å². The van der Waals surface area contributed by atoms with Crippen LogP contribution >= 0.6 is 0 Å². The summed E-state index contributed by atoms with van der Waals surface area (Å²) in [6.45, 7) is 6.50. The first-order chi connectivity index (χ1) is 9.33. The maximum absolute atomic E-state index is 5.47. The molecule has 0 aromatic heterocycles. The molecule has 3 heteroatoms. The molecule has 2 saturated heterocycles. The normalized spacial score (nSPS) is 24.7. The number of hydrogen-bond donors (Lipinski definition) is 1. The predicted molar refractivity (Wildman–Crippen MR) is 79.9 cm³/mol. The van der Waals surface area contributed by atoms with E-state index in [1.165, 1.54) is 43.7 Å². The minimum absolute atomic E-state index is 0.483. The summed E-state index contributed by atoms with van der Waals surface area (Å²) in [5.74, 6) is 0.649. The van der Waals surface area contributed by atoms with Gasteiger partial charge in [0.15, 0.2) is 0 Å². The van der Waals surface area contributed by atoms with E-state index in [1.807, 2.05) is 0 Å². The van der Waals surface area contributed by atoms with Crippen molar-refractivity contribution < 1.29 is 4.74 Å². The quantitative estimate of drug-likeness (QED) is 0.900. The summed E-state index contributed by atoms with van der Waals surface area (Å²) in [6, 6.07) is 9.33. The Morgan fingerprint density at radius 2 is 2.16 bits per heavy atom. The van der Waals surface area contributed by atoms with E-state index in [2.05, 4.69) is 41.4 Å². The fourth-order valence-corrected chi connectivity index (χ4v) is 3.10. The number of nitrogens with zero attached hydrogens (tertiary/aromatic N) is 1. The molecule has 0 radical (unpaired) electrons. The van der Waals surface area contributed by atoms with E-state index < -0.39 is 0 Å². The van der Waals surface area contributed by atoms with Crippen LogP contribution < -0.4 is 10.2 Å². The molecule has 0 spiro atoms. The van der Waals surface area contributed by atoms with E-state index in [9.17, 15) is 0 Å². The Kier molecular flexibility index (Phi) is 3.92. The fourth-order valence-electron chi connectivity index (χ4n) is 3.10. The van der Waals surface area contributed by atoms with Gasteiger partial charge in [-0.3, -0.25) is 0 Å². The summed E-state index contributed by atoms with van der Waals surface area (Å²) in [7, 11) is 0. The van der Waals surface area contributed by atoms with Gasteiger partial charge in [0.2, 0.25) is 0 Å². The van der Waals surface area contributed by atoms with Crippen LogP contribution in [0.5, 0.6) is 0 Å². The molecule has 1 aromatic rings. The van der Waals surface area contributed by atoms with Crippen molar-refractivity contribution in [2.75, 3.05) is 36.5 Å². The number of benzene rings is 1. The van der Waals surface area contributed by atoms with Gasteiger partial charge in [0.25, 0.3) is 0 Å². The number of hydrogen-bond acceptors (Lipinski definition) is 3. The molecule has 1 N–H and O–H groups in total. The van der Waals surface area contributed by atoms with Crippen molar-refractivity contribution in [3.8, 4) is 0 Å². The lowest BCUT2D eigenvalue weighted by atomic mass is 10.0. The standard InChI is InChI=1S/C16H24N2O/c1-13(14-7-10-19-12-14)17-15-5-4-6-16(11-15)18-8-2-3-9-18/h4-6,11,13-14,17H,2-3,7-10,12H2,1H3. The summed E-state index contributed by atoms with van der Waals surface area (Å²) in [4.78, 5) is 2.48. The lowest BCUT2D eigenvalue weighted by Gasteiger charge is -2.23. The van der Waals surface area contributed by atoms with Gasteiger partial charge in [0.05, 0.1) is 6.61 Å².